The first-order chi connectivity index (χ1) is 13.5. The molecule has 0 fully saturated rings. The van der Waals surface area contributed by atoms with Crippen molar-refractivity contribution in [3.8, 4) is 16.1 Å². The summed E-state index contributed by atoms with van der Waals surface area (Å²) in [5.74, 6) is -0.222. The third kappa shape index (κ3) is 3.35. The van der Waals surface area contributed by atoms with E-state index in [9.17, 15) is 14.9 Å². The Morgan fingerprint density at radius 3 is 2.39 bits per heavy atom. The van der Waals surface area contributed by atoms with Crippen LogP contribution >= 0.6 is 11.3 Å². The van der Waals surface area contributed by atoms with Gasteiger partial charge in [0, 0.05) is 28.3 Å². The molecule has 0 aliphatic heterocycles. The Hall–Kier alpha value is -3.58. The molecule has 0 N–H and O–H groups in total. The molecule has 0 spiro atoms. The lowest BCUT2D eigenvalue weighted by atomic mass is 10.0. The summed E-state index contributed by atoms with van der Waals surface area (Å²) in [6, 6.07) is 19.8. The summed E-state index contributed by atoms with van der Waals surface area (Å²) >= 11 is 1.03. The topological polar surface area (TPSA) is 78.0 Å². The Kier molecular flexibility index (Phi) is 4.58. The molecule has 6 nitrogen and oxygen atoms in total. The number of rotatable bonds is 5. The third-order valence-electron chi connectivity index (χ3n) is 4.30. The van der Waals surface area contributed by atoms with Gasteiger partial charge in [-0.3, -0.25) is 14.9 Å². The first-order valence-corrected chi connectivity index (χ1v) is 9.35. The zero-order chi connectivity index (χ0) is 19.7. The number of aryl methyl sites for hydroxylation is 1. The molecule has 4 rings (SSSR count). The minimum absolute atomic E-state index is 0.0243. The second kappa shape index (κ2) is 7.21. The molecular weight excluding hydrogens is 374 g/mol. The molecule has 2 aromatic carbocycles. The van der Waals surface area contributed by atoms with E-state index in [0.29, 0.717) is 16.0 Å². The third-order valence-corrected chi connectivity index (χ3v) is 5.37. The number of thiophene rings is 1. The van der Waals surface area contributed by atoms with Gasteiger partial charge in [0.1, 0.15) is 5.69 Å². The highest BCUT2D eigenvalue weighted by atomic mass is 32.1. The summed E-state index contributed by atoms with van der Waals surface area (Å²) in [7, 11) is 0. The Labute approximate surface area is 164 Å². The fraction of sp³-hybridized carbons (Fsp3) is 0.0476. The van der Waals surface area contributed by atoms with Crippen LogP contribution in [0.2, 0.25) is 0 Å². The van der Waals surface area contributed by atoms with Crippen LogP contribution in [0.15, 0.2) is 72.9 Å². The number of hydrogen-bond donors (Lipinski definition) is 0. The van der Waals surface area contributed by atoms with Crippen LogP contribution in [0.25, 0.3) is 16.1 Å². The molecule has 2 heterocycles. The van der Waals surface area contributed by atoms with E-state index in [1.54, 1.807) is 29.1 Å². The van der Waals surface area contributed by atoms with Crippen molar-refractivity contribution in [2.45, 2.75) is 6.92 Å². The lowest BCUT2D eigenvalue weighted by molar-refractivity contribution is -0.380. The van der Waals surface area contributed by atoms with Gasteiger partial charge < -0.3 is 0 Å². The normalized spacial score (nSPS) is 10.8. The summed E-state index contributed by atoms with van der Waals surface area (Å²) in [5, 5.41) is 15.6. The van der Waals surface area contributed by atoms with Gasteiger partial charge >= 0.3 is 5.00 Å². The number of hydrogen-bond acceptors (Lipinski definition) is 5. The quantitative estimate of drug-likeness (QED) is 0.272. The smallest absolute Gasteiger partial charge is 0.287 e. The summed E-state index contributed by atoms with van der Waals surface area (Å²) in [4.78, 5) is 24.4. The van der Waals surface area contributed by atoms with Crippen LogP contribution < -0.4 is 0 Å². The zero-order valence-electron chi connectivity index (χ0n) is 14.9. The number of ketones is 1. The molecule has 0 saturated carbocycles. The standard InChI is InChI=1S/C21H15N3O3S/c1-14-7-9-15(10-8-14)21(25)20-17(18-11-12-19(28-18)24(26)27)13-23(22-20)16-5-3-2-4-6-16/h2-13H,1H3. The van der Waals surface area contributed by atoms with Crippen molar-refractivity contribution < 1.29 is 9.72 Å². The molecule has 7 heteroatoms. The lowest BCUT2D eigenvalue weighted by Crippen LogP contribution is -2.05. The van der Waals surface area contributed by atoms with Gasteiger partial charge in [-0.2, -0.15) is 5.10 Å². The maximum absolute atomic E-state index is 13.1. The molecule has 0 saturated heterocycles. The fourth-order valence-corrected chi connectivity index (χ4v) is 3.68. The van der Waals surface area contributed by atoms with Crippen LogP contribution in [0.4, 0.5) is 5.00 Å². The number of nitrogens with zero attached hydrogens (tertiary/aromatic N) is 3. The molecule has 0 bridgehead atoms. The number of aromatic nitrogens is 2. The van der Waals surface area contributed by atoms with E-state index >= 15 is 0 Å². The molecule has 0 aliphatic rings. The van der Waals surface area contributed by atoms with Crippen LogP contribution in [0.5, 0.6) is 0 Å². The van der Waals surface area contributed by atoms with Gasteiger partial charge in [0.25, 0.3) is 0 Å². The molecule has 0 amide bonds. The number of carbonyl (C=O) groups is 1. The van der Waals surface area contributed by atoms with Crippen molar-refractivity contribution in [2.24, 2.45) is 0 Å². The Morgan fingerprint density at radius 2 is 1.75 bits per heavy atom. The fourth-order valence-electron chi connectivity index (χ4n) is 2.85. The largest absolute Gasteiger partial charge is 0.324 e. The predicted octanol–water partition coefficient (Wildman–Crippen LogP) is 5.05. The first kappa shape index (κ1) is 17.8. The highest BCUT2D eigenvalue weighted by Gasteiger charge is 2.23. The number of benzene rings is 2. The van der Waals surface area contributed by atoms with Gasteiger partial charge in [-0.25, -0.2) is 4.68 Å². The molecular formula is C21H15N3O3S. The number of nitro groups is 1. The van der Waals surface area contributed by atoms with E-state index in [2.05, 4.69) is 5.10 Å². The van der Waals surface area contributed by atoms with Crippen molar-refractivity contribution in [3.63, 3.8) is 0 Å². The van der Waals surface area contributed by atoms with Crippen LogP contribution in [0.1, 0.15) is 21.6 Å². The summed E-state index contributed by atoms with van der Waals surface area (Å²) in [6.45, 7) is 1.95. The highest BCUT2D eigenvalue weighted by Crippen LogP contribution is 2.35. The van der Waals surface area contributed by atoms with Gasteiger partial charge in [0.2, 0.25) is 5.78 Å². The minimum Gasteiger partial charge on any atom is -0.287 e. The molecule has 28 heavy (non-hydrogen) atoms. The monoisotopic (exact) mass is 389 g/mol. The summed E-state index contributed by atoms with van der Waals surface area (Å²) in [5.41, 5.74) is 3.23. The molecule has 0 unspecified atom stereocenters. The Balaban J connectivity index is 1.85. The second-order valence-electron chi connectivity index (χ2n) is 6.26. The SMILES string of the molecule is Cc1ccc(C(=O)c2nn(-c3ccccc3)cc2-c2ccc([N+](=O)[O-])s2)cc1. The number of carbonyl (C=O) groups excluding carboxylic acids is 1. The van der Waals surface area contributed by atoms with E-state index in [-0.39, 0.29) is 16.5 Å². The van der Waals surface area contributed by atoms with E-state index < -0.39 is 4.92 Å². The number of para-hydroxylation sites is 1. The zero-order valence-corrected chi connectivity index (χ0v) is 15.7. The van der Waals surface area contributed by atoms with Crippen LogP contribution in [0.3, 0.4) is 0 Å². The average Bonchev–Trinajstić information content (AvgIpc) is 3.36. The maximum atomic E-state index is 13.1. The van der Waals surface area contributed by atoms with Gasteiger partial charge in [0.05, 0.1) is 10.6 Å². The van der Waals surface area contributed by atoms with Crippen molar-refractivity contribution in [1.82, 2.24) is 9.78 Å². The summed E-state index contributed by atoms with van der Waals surface area (Å²) < 4.78 is 1.63. The van der Waals surface area contributed by atoms with Gasteiger partial charge in [-0.05, 0) is 25.1 Å². The van der Waals surface area contributed by atoms with Gasteiger partial charge in [0.15, 0.2) is 0 Å². The summed E-state index contributed by atoms with van der Waals surface area (Å²) in [6.07, 6.45) is 1.74. The van der Waals surface area contributed by atoms with Crippen LogP contribution in [-0.2, 0) is 0 Å². The molecule has 0 aliphatic carbocycles. The highest BCUT2D eigenvalue weighted by molar-refractivity contribution is 7.18. The average molecular weight is 389 g/mol. The van der Waals surface area contributed by atoms with E-state index in [1.165, 1.54) is 6.07 Å². The lowest BCUT2D eigenvalue weighted by Gasteiger charge is -2.01. The second-order valence-corrected chi connectivity index (χ2v) is 7.32. The molecule has 2 aromatic heterocycles. The van der Waals surface area contributed by atoms with Gasteiger partial charge in [-0.15, -0.1) is 0 Å². The minimum atomic E-state index is -0.433. The first-order valence-electron chi connectivity index (χ1n) is 8.54. The van der Waals surface area contributed by atoms with Gasteiger partial charge in [-0.1, -0.05) is 59.4 Å². The van der Waals surface area contributed by atoms with E-state index in [4.69, 9.17) is 0 Å². The van der Waals surface area contributed by atoms with Crippen molar-refractivity contribution in [1.29, 1.82) is 0 Å². The Morgan fingerprint density at radius 1 is 1.04 bits per heavy atom. The molecule has 4 aromatic rings. The Bertz CT molecular complexity index is 1160. The van der Waals surface area contributed by atoms with E-state index in [1.807, 2.05) is 49.4 Å². The predicted molar refractivity (Wildman–Crippen MR) is 108 cm³/mol. The van der Waals surface area contributed by atoms with E-state index in [0.717, 1.165) is 22.6 Å². The molecule has 0 radical (unpaired) electrons. The molecule has 138 valence electrons. The van der Waals surface area contributed by atoms with Crippen molar-refractivity contribution in [2.75, 3.05) is 0 Å². The van der Waals surface area contributed by atoms with Crippen molar-refractivity contribution >= 4 is 22.1 Å². The maximum Gasteiger partial charge on any atom is 0.324 e. The molecule has 0 atom stereocenters. The van der Waals surface area contributed by atoms with Crippen molar-refractivity contribution in [3.05, 3.63) is 99.9 Å². The van der Waals surface area contributed by atoms with Crippen LogP contribution in [0, 0.1) is 17.0 Å². The van der Waals surface area contributed by atoms with Crippen LogP contribution in [-0.4, -0.2) is 20.5 Å².